The van der Waals surface area contributed by atoms with Crippen LogP contribution in [-0.2, 0) is 13.0 Å². The SMILES string of the molecule is CC(C)Oc1ccc2c(c1)C(=O)N(Cc1ccc(C(=O)O)o1)CC2. The molecule has 0 bridgehead atoms. The van der Waals surface area contributed by atoms with E-state index in [4.69, 9.17) is 14.3 Å². The third-order valence-corrected chi connectivity index (χ3v) is 3.84. The normalized spacial score (nSPS) is 14.0. The Balaban J connectivity index is 1.78. The second-order valence-electron chi connectivity index (χ2n) is 6.03. The van der Waals surface area contributed by atoms with Crippen LogP contribution in [0.4, 0.5) is 0 Å². The first kappa shape index (κ1) is 16.1. The first-order valence-electron chi connectivity index (χ1n) is 7.85. The van der Waals surface area contributed by atoms with Crippen LogP contribution in [0.15, 0.2) is 34.7 Å². The fourth-order valence-corrected chi connectivity index (χ4v) is 2.76. The first-order valence-corrected chi connectivity index (χ1v) is 7.85. The molecule has 2 heterocycles. The van der Waals surface area contributed by atoms with Gasteiger partial charge >= 0.3 is 5.97 Å². The predicted molar refractivity (Wildman–Crippen MR) is 86.3 cm³/mol. The van der Waals surface area contributed by atoms with Crippen molar-refractivity contribution in [3.8, 4) is 5.75 Å². The lowest BCUT2D eigenvalue weighted by molar-refractivity contribution is 0.0655. The number of hydrogen-bond donors (Lipinski definition) is 1. The number of fused-ring (bicyclic) bond motifs is 1. The van der Waals surface area contributed by atoms with Crippen molar-refractivity contribution in [2.24, 2.45) is 0 Å². The van der Waals surface area contributed by atoms with Crippen LogP contribution in [0.3, 0.4) is 0 Å². The second kappa shape index (κ2) is 6.39. The lowest BCUT2D eigenvalue weighted by Gasteiger charge is -2.28. The fourth-order valence-electron chi connectivity index (χ4n) is 2.76. The van der Waals surface area contributed by atoms with Gasteiger partial charge in [-0.25, -0.2) is 4.79 Å². The van der Waals surface area contributed by atoms with Crippen LogP contribution in [0.1, 0.15) is 46.1 Å². The van der Waals surface area contributed by atoms with Crippen molar-refractivity contribution in [1.29, 1.82) is 0 Å². The molecule has 0 saturated heterocycles. The molecular formula is C18H19NO5. The predicted octanol–water partition coefficient (Wildman–Crippen LogP) is 2.96. The number of rotatable bonds is 5. The van der Waals surface area contributed by atoms with Crippen LogP contribution in [0.5, 0.6) is 5.75 Å². The van der Waals surface area contributed by atoms with Gasteiger partial charge in [0.15, 0.2) is 0 Å². The number of hydrogen-bond acceptors (Lipinski definition) is 4. The highest BCUT2D eigenvalue weighted by Gasteiger charge is 2.26. The fraction of sp³-hybridized carbons (Fsp3) is 0.333. The van der Waals surface area contributed by atoms with Crippen LogP contribution in [-0.4, -0.2) is 34.5 Å². The van der Waals surface area contributed by atoms with Gasteiger partial charge < -0.3 is 19.2 Å². The molecule has 0 radical (unpaired) electrons. The summed E-state index contributed by atoms with van der Waals surface area (Å²) in [6.45, 7) is 4.69. The number of furan rings is 1. The minimum atomic E-state index is -1.12. The van der Waals surface area contributed by atoms with Gasteiger partial charge in [0.2, 0.25) is 5.76 Å². The highest BCUT2D eigenvalue weighted by atomic mass is 16.5. The van der Waals surface area contributed by atoms with Gasteiger partial charge in [-0.05, 0) is 50.1 Å². The standard InChI is InChI=1S/C18H19NO5/c1-11(2)23-13-4-3-12-7-8-19(17(20)15(12)9-13)10-14-5-6-16(24-14)18(21)22/h3-6,9,11H,7-8,10H2,1-2H3,(H,21,22). The topological polar surface area (TPSA) is 80.0 Å². The first-order chi connectivity index (χ1) is 11.4. The number of carbonyl (C=O) groups excluding carboxylic acids is 1. The van der Waals surface area contributed by atoms with Gasteiger partial charge in [0.25, 0.3) is 5.91 Å². The molecule has 0 saturated carbocycles. The molecule has 0 spiro atoms. The number of benzene rings is 1. The van der Waals surface area contributed by atoms with Gasteiger partial charge in [-0.1, -0.05) is 6.07 Å². The van der Waals surface area contributed by atoms with Gasteiger partial charge in [0.05, 0.1) is 12.6 Å². The summed E-state index contributed by atoms with van der Waals surface area (Å²) in [7, 11) is 0. The molecule has 126 valence electrons. The Morgan fingerprint density at radius 3 is 2.79 bits per heavy atom. The maximum Gasteiger partial charge on any atom is 0.371 e. The molecule has 6 heteroatoms. The highest BCUT2D eigenvalue weighted by molar-refractivity contribution is 5.97. The number of nitrogens with zero attached hydrogens (tertiary/aromatic N) is 1. The average Bonchev–Trinajstić information content (AvgIpc) is 2.99. The van der Waals surface area contributed by atoms with E-state index in [0.717, 1.165) is 12.0 Å². The zero-order valence-corrected chi connectivity index (χ0v) is 13.6. The third-order valence-electron chi connectivity index (χ3n) is 3.84. The lowest BCUT2D eigenvalue weighted by Crippen LogP contribution is -2.37. The maximum absolute atomic E-state index is 12.7. The van der Waals surface area contributed by atoms with Gasteiger partial charge in [0, 0.05) is 12.1 Å². The van der Waals surface area contributed by atoms with Crippen LogP contribution in [0.2, 0.25) is 0 Å². The number of ether oxygens (including phenoxy) is 1. The monoisotopic (exact) mass is 329 g/mol. The zero-order valence-electron chi connectivity index (χ0n) is 13.6. The number of aromatic carboxylic acids is 1. The molecule has 3 rings (SSSR count). The number of amides is 1. The van der Waals surface area contributed by atoms with Crippen molar-refractivity contribution in [3.63, 3.8) is 0 Å². The van der Waals surface area contributed by atoms with Gasteiger partial charge in [-0.2, -0.15) is 0 Å². The molecule has 1 N–H and O–H groups in total. The molecule has 1 aromatic carbocycles. The van der Waals surface area contributed by atoms with Crippen LogP contribution < -0.4 is 4.74 Å². The van der Waals surface area contributed by atoms with Crippen LogP contribution in [0, 0.1) is 0 Å². The number of carboxylic acid groups (broad SMARTS) is 1. The lowest BCUT2D eigenvalue weighted by atomic mass is 9.98. The quantitative estimate of drug-likeness (QED) is 0.912. The van der Waals surface area contributed by atoms with Crippen molar-refractivity contribution < 1.29 is 23.8 Å². The van der Waals surface area contributed by atoms with Crippen molar-refractivity contribution >= 4 is 11.9 Å². The molecular weight excluding hydrogens is 310 g/mol. The molecule has 1 aromatic heterocycles. The van der Waals surface area contributed by atoms with E-state index in [0.29, 0.717) is 23.6 Å². The van der Waals surface area contributed by atoms with E-state index in [1.165, 1.54) is 6.07 Å². The number of carboxylic acids is 1. The maximum atomic E-state index is 12.7. The third kappa shape index (κ3) is 3.27. The molecule has 0 aliphatic carbocycles. The van der Waals surface area contributed by atoms with Crippen LogP contribution >= 0.6 is 0 Å². The Labute approximate surface area is 139 Å². The Morgan fingerprint density at radius 1 is 1.33 bits per heavy atom. The Hall–Kier alpha value is -2.76. The Morgan fingerprint density at radius 2 is 2.12 bits per heavy atom. The Kier molecular flexibility index (Phi) is 4.29. The summed E-state index contributed by atoms with van der Waals surface area (Å²) >= 11 is 0. The summed E-state index contributed by atoms with van der Waals surface area (Å²) in [4.78, 5) is 25.2. The van der Waals surface area contributed by atoms with Crippen molar-refractivity contribution in [2.75, 3.05) is 6.54 Å². The molecule has 1 amide bonds. The molecule has 2 aromatic rings. The van der Waals surface area contributed by atoms with E-state index in [1.54, 1.807) is 17.0 Å². The van der Waals surface area contributed by atoms with Crippen molar-refractivity contribution in [3.05, 3.63) is 53.0 Å². The molecule has 0 atom stereocenters. The van der Waals surface area contributed by atoms with Crippen molar-refractivity contribution in [2.45, 2.75) is 32.9 Å². The van der Waals surface area contributed by atoms with E-state index in [1.807, 2.05) is 26.0 Å². The second-order valence-corrected chi connectivity index (χ2v) is 6.03. The summed E-state index contributed by atoms with van der Waals surface area (Å²) in [6.07, 6.45) is 0.783. The van der Waals surface area contributed by atoms with E-state index in [-0.39, 0.29) is 24.3 Å². The molecule has 6 nitrogen and oxygen atoms in total. The van der Waals surface area contributed by atoms with E-state index < -0.39 is 5.97 Å². The van der Waals surface area contributed by atoms with Gasteiger partial charge in [-0.15, -0.1) is 0 Å². The highest BCUT2D eigenvalue weighted by Crippen LogP contribution is 2.26. The summed E-state index contributed by atoms with van der Waals surface area (Å²) < 4.78 is 10.9. The van der Waals surface area contributed by atoms with Gasteiger partial charge in [0.1, 0.15) is 11.5 Å². The summed E-state index contributed by atoms with van der Waals surface area (Å²) in [5, 5.41) is 8.90. The minimum Gasteiger partial charge on any atom is -0.491 e. The molecule has 24 heavy (non-hydrogen) atoms. The summed E-state index contributed by atoms with van der Waals surface area (Å²) in [6, 6.07) is 8.57. The molecule has 1 aliphatic heterocycles. The largest absolute Gasteiger partial charge is 0.491 e. The minimum absolute atomic E-state index is 0.0374. The summed E-state index contributed by atoms with van der Waals surface area (Å²) in [5.74, 6) is -0.211. The van der Waals surface area contributed by atoms with Gasteiger partial charge in [-0.3, -0.25) is 4.79 Å². The number of carbonyl (C=O) groups is 2. The van der Waals surface area contributed by atoms with E-state index in [2.05, 4.69) is 0 Å². The molecule has 0 fully saturated rings. The van der Waals surface area contributed by atoms with Crippen molar-refractivity contribution in [1.82, 2.24) is 4.90 Å². The zero-order chi connectivity index (χ0) is 17.3. The average molecular weight is 329 g/mol. The van der Waals surface area contributed by atoms with Crippen LogP contribution in [0.25, 0.3) is 0 Å². The molecule has 1 aliphatic rings. The van der Waals surface area contributed by atoms with E-state index >= 15 is 0 Å². The summed E-state index contributed by atoms with van der Waals surface area (Å²) in [5.41, 5.74) is 1.63. The smallest absolute Gasteiger partial charge is 0.371 e. The Bertz CT molecular complexity index is 777. The van der Waals surface area contributed by atoms with E-state index in [9.17, 15) is 9.59 Å². The molecule has 0 unspecified atom stereocenters.